The van der Waals surface area contributed by atoms with Crippen LogP contribution in [-0.4, -0.2) is 0 Å². The van der Waals surface area contributed by atoms with E-state index >= 15 is 0 Å². The molecule has 6 heavy (non-hydrogen) atoms. The van der Waals surface area contributed by atoms with E-state index in [1.807, 2.05) is 0 Å². The molecule has 0 aliphatic rings. The second-order valence-electron chi connectivity index (χ2n) is 1.000. The Kier molecular flexibility index (Phi) is 38.7. The van der Waals surface area contributed by atoms with Crippen molar-refractivity contribution in [3.8, 4) is 0 Å². The summed E-state index contributed by atoms with van der Waals surface area (Å²) in [5.41, 5.74) is 0. The molecule has 0 aliphatic carbocycles. The van der Waals surface area contributed by atoms with Gasteiger partial charge < -0.3 is 0 Å². The molecule has 0 radical (unpaired) electrons. The molecule has 0 bridgehead atoms. The van der Waals surface area contributed by atoms with E-state index in [4.69, 9.17) is 10.8 Å². The minimum Gasteiger partial charge on any atom is -0.0654 e. The lowest BCUT2D eigenvalue weighted by atomic mass is 10.4. The third kappa shape index (κ3) is 114. The molecule has 0 aromatic carbocycles. The molecule has 0 amide bonds. The molecule has 0 heterocycles. The van der Waals surface area contributed by atoms with Gasteiger partial charge in [0.15, 0.2) is 0 Å². The molecule has 0 N–H and O–H groups in total. The Morgan fingerprint density at radius 1 is 1.00 bits per heavy atom. The molecule has 0 aromatic rings. The fourth-order valence-corrected chi connectivity index (χ4v) is 0. The minimum absolute atomic E-state index is 1.32. The Hall–Kier alpha value is -0.580. The number of nitrogens with zero attached hydrogens (tertiary/aromatic N) is 2. The highest BCUT2D eigenvalue weighted by Crippen LogP contribution is 1.76. The van der Waals surface area contributed by atoms with Gasteiger partial charge in [0, 0.05) is 10.8 Å². The monoisotopic (exact) mass is 86.1 g/mol. The summed E-state index contributed by atoms with van der Waals surface area (Å²) in [7, 11) is 0. The summed E-state index contributed by atoms with van der Waals surface area (Å²) in [6.07, 6.45) is 2.64. The standard InChI is InChI=1S/C4H10.N2/c1-3-4-2;1-2/h3-4H2,1-2H3;. The van der Waals surface area contributed by atoms with Crippen molar-refractivity contribution in [2.75, 3.05) is 0 Å². The zero-order valence-electron chi connectivity index (χ0n) is 4.31. The normalized spacial score (nSPS) is 5.33. The topological polar surface area (TPSA) is 47.6 Å². The van der Waals surface area contributed by atoms with Crippen LogP contribution in [0.25, 0.3) is 0 Å². The molecule has 0 saturated carbocycles. The lowest BCUT2D eigenvalue weighted by molar-refractivity contribution is 0.886. The maximum Gasteiger partial charge on any atom is 0 e. The Bertz CT molecular complexity index is 22.0. The van der Waals surface area contributed by atoms with Gasteiger partial charge in [-0.15, -0.1) is 0 Å². The van der Waals surface area contributed by atoms with Crippen molar-refractivity contribution in [3.05, 3.63) is 0 Å². The molecule has 0 rings (SSSR count). The van der Waals surface area contributed by atoms with Gasteiger partial charge in [-0.05, 0) is 0 Å². The van der Waals surface area contributed by atoms with Gasteiger partial charge in [0.1, 0.15) is 0 Å². The zero-order chi connectivity index (χ0) is 5.41. The first-order chi connectivity index (χ1) is 2.91. The summed E-state index contributed by atoms with van der Waals surface area (Å²) in [6.45, 7) is 4.36. The smallest absolute Gasteiger partial charge is 0 e. The molecule has 0 atom stereocenters. The van der Waals surface area contributed by atoms with Crippen molar-refractivity contribution >= 4 is 0 Å². The molecular weight excluding hydrogens is 76.1 g/mol. The van der Waals surface area contributed by atoms with Gasteiger partial charge in [0.05, 0.1) is 0 Å². The Morgan fingerprint density at radius 3 is 1.17 bits per heavy atom. The minimum atomic E-state index is 1.32. The van der Waals surface area contributed by atoms with Gasteiger partial charge in [0.2, 0.25) is 0 Å². The first kappa shape index (κ1) is 9.05. The van der Waals surface area contributed by atoms with Crippen LogP contribution in [0.2, 0.25) is 0 Å². The van der Waals surface area contributed by atoms with E-state index in [0.717, 1.165) is 0 Å². The van der Waals surface area contributed by atoms with E-state index in [1.54, 1.807) is 0 Å². The van der Waals surface area contributed by atoms with Crippen LogP contribution in [0.15, 0.2) is 0 Å². The SMILES string of the molecule is CCCC.N#N. The van der Waals surface area contributed by atoms with Crippen LogP contribution in [0.5, 0.6) is 0 Å². The van der Waals surface area contributed by atoms with Crippen LogP contribution >= 0.6 is 0 Å². The fraction of sp³-hybridized carbons (Fsp3) is 1.00. The fourth-order valence-electron chi connectivity index (χ4n) is 0. The molecule has 0 spiro atoms. The lowest BCUT2D eigenvalue weighted by Crippen LogP contribution is -1.47. The Morgan fingerprint density at radius 2 is 1.17 bits per heavy atom. The maximum atomic E-state index is 6.00. The summed E-state index contributed by atoms with van der Waals surface area (Å²) < 4.78 is 0. The van der Waals surface area contributed by atoms with Crippen molar-refractivity contribution in [2.24, 2.45) is 0 Å². The van der Waals surface area contributed by atoms with Gasteiger partial charge in [-0.2, -0.15) is 0 Å². The molecule has 0 aliphatic heterocycles. The molecule has 2 heteroatoms. The van der Waals surface area contributed by atoms with Crippen LogP contribution in [0.3, 0.4) is 0 Å². The number of hydrogen-bond donors (Lipinski definition) is 0. The van der Waals surface area contributed by atoms with Crippen LogP contribution in [0.1, 0.15) is 26.7 Å². The quantitative estimate of drug-likeness (QED) is 0.457. The summed E-state index contributed by atoms with van der Waals surface area (Å²) >= 11 is 0. The van der Waals surface area contributed by atoms with Gasteiger partial charge in [-0.3, -0.25) is 0 Å². The first-order valence-electron chi connectivity index (χ1n) is 2.11. The summed E-state index contributed by atoms with van der Waals surface area (Å²) in [4.78, 5) is 0. The van der Waals surface area contributed by atoms with Crippen molar-refractivity contribution in [2.45, 2.75) is 26.7 Å². The highest BCUT2D eigenvalue weighted by Gasteiger charge is 1.56. The maximum absolute atomic E-state index is 6.00. The van der Waals surface area contributed by atoms with Crippen molar-refractivity contribution in [3.63, 3.8) is 0 Å². The van der Waals surface area contributed by atoms with E-state index in [2.05, 4.69) is 13.8 Å². The average Bonchev–Trinajstić information content (AvgIpc) is 1.72. The summed E-state index contributed by atoms with van der Waals surface area (Å²) in [5, 5.41) is 12.0. The van der Waals surface area contributed by atoms with Gasteiger partial charge >= 0.3 is 0 Å². The van der Waals surface area contributed by atoms with Crippen molar-refractivity contribution in [1.29, 1.82) is 10.8 Å². The zero-order valence-corrected chi connectivity index (χ0v) is 4.31. The van der Waals surface area contributed by atoms with E-state index in [0.29, 0.717) is 0 Å². The second kappa shape index (κ2) is 25.6. The van der Waals surface area contributed by atoms with Crippen LogP contribution in [-0.2, 0) is 0 Å². The van der Waals surface area contributed by atoms with Crippen molar-refractivity contribution < 1.29 is 0 Å². The van der Waals surface area contributed by atoms with E-state index in [9.17, 15) is 0 Å². The van der Waals surface area contributed by atoms with E-state index in [-0.39, 0.29) is 0 Å². The predicted molar refractivity (Wildman–Crippen MR) is 24.0 cm³/mol. The highest BCUT2D eigenvalue weighted by atomic mass is 14.6. The van der Waals surface area contributed by atoms with E-state index < -0.39 is 0 Å². The molecule has 36 valence electrons. The molecule has 0 saturated heterocycles. The average molecular weight is 86.1 g/mol. The summed E-state index contributed by atoms with van der Waals surface area (Å²) in [6, 6.07) is 0. The van der Waals surface area contributed by atoms with Gasteiger partial charge in [0.25, 0.3) is 0 Å². The third-order valence-corrected chi connectivity index (χ3v) is 0.500. The second-order valence-corrected chi connectivity index (χ2v) is 1.000. The Balaban J connectivity index is 0. The molecule has 0 unspecified atom stereocenters. The lowest BCUT2D eigenvalue weighted by Gasteiger charge is -1.68. The largest absolute Gasteiger partial charge is 0.0654 e. The number of hydrogen-bond acceptors (Lipinski definition) is 2. The number of rotatable bonds is 1. The Labute approximate surface area is 38.6 Å². The van der Waals surface area contributed by atoms with E-state index in [1.165, 1.54) is 12.8 Å². The molecule has 2 nitrogen and oxygen atoms in total. The highest BCUT2D eigenvalue weighted by molar-refractivity contribution is 4.12. The van der Waals surface area contributed by atoms with Crippen LogP contribution in [0.4, 0.5) is 0 Å². The van der Waals surface area contributed by atoms with Gasteiger partial charge in [-0.1, -0.05) is 26.7 Å². The third-order valence-electron chi connectivity index (χ3n) is 0.500. The number of unbranched alkanes of at least 4 members (excludes halogenated alkanes) is 1. The van der Waals surface area contributed by atoms with Crippen LogP contribution < -0.4 is 0 Å². The first-order valence-corrected chi connectivity index (χ1v) is 2.11. The van der Waals surface area contributed by atoms with Crippen molar-refractivity contribution in [1.82, 2.24) is 0 Å². The molecular formula is C4H10N2. The van der Waals surface area contributed by atoms with Gasteiger partial charge in [-0.25, -0.2) is 0 Å². The molecule has 0 aromatic heterocycles. The van der Waals surface area contributed by atoms with Crippen LogP contribution in [0, 0.1) is 10.8 Å². The summed E-state index contributed by atoms with van der Waals surface area (Å²) in [5.74, 6) is 0. The predicted octanol–water partition coefficient (Wildman–Crippen LogP) is 1.84. The molecule has 0 fully saturated rings.